The quantitative estimate of drug-likeness (QED) is 0.438. The number of hydrogen-bond acceptors (Lipinski definition) is 5. The summed E-state index contributed by atoms with van der Waals surface area (Å²) in [5.41, 5.74) is 2.82. The summed E-state index contributed by atoms with van der Waals surface area (Å²) < 4.78 is 5.24. The van der Waals surface area contributed by atoms with Crippen LogP contribution >= 0.6 is 0 Å². The van der Waals surface area contributed by atoms with Gasteiger partial charge in [-0.15, -0.1) is 0 Å². The van der Waals surface area contributed by atoms with Crippen LogP contribution in [0.5, 0.6) is 0 Å². The predicted molar refractivity (Wildman–Crippen MR) is 120 cm³/mol. The van der Waals surface area contributed by atoms with Gasteiger partial charge in [-0.05, 0) is 43.2 Å². The number of unbranched alkanes of at least 4 members (excludes halogenated alkanes) is 1. The van der Waals surface area contributed by atoms with Crippen LogP contribution in [0.15, 0.2) is 48.5 Å². The normalized spacial score (nSPS) is 13.6. The van der Waals surface area contributed by atoms with Crippen LogP contribution in [0, 0.1) is 6.92 Å². The van der Waals surface area contributed by atoms with Crippen molar-refractivity contribution in [3.05, 3.63) is 59.7 Å². The number of anilines is 2. The number of aryl methyl sites for hydroxylation is 1. The van der Waals surface area contributed by atoms with Crippen LogP contribution in [-0.2, 0) is 14.3 Å². The van der Waals surface area contributed by atoms with Crippen molar-refractivity contribution < 1.29 is 19.1 Å². The molecule has 0 atom stereocenters. The Hall–Kier alpha value is -3.35. The summed E-state index contributed by atoms with van der Waals surface area (Å²) in [7, 11) is 0. The number of para-hydroxylation sites is 1. The molecule has 1 aliphatic rings. The Morgan fingerprint density at radius 3 is 2.45 bits per heavy atom. The molecule has 7 heteroatoms. The van der Waals surface area contributed by atoms with Gasteiger partial charge in [-0.1, -0.05) is 37.6 Å². The van der Waals surface area contributed by atoms with Gasteiger partial charge in [0.25, 0.3) is 0 Å². The summed E-state index contributed by atoms with van der Waals surface area (Å²) in [6.07, 6.45) is 1.69. The molecule has 2 aromatic rings. The summed E-state index contributed by atoms with van der Waals surface area (Å²) in [6, 6.07) is 14.8. The van der Waals surface area contributed by atoms with Crippen LogP contribution < -0.4 is 10.2 Å². The highest BCUT2D eigenvalue weighted by Crippen LogP contribution is 2.19. The molecule has 0 unspecified atom stereocenters. The first-order valence-electron chi connectivity index (χ1n) is 10.7. The number of ether oxygens (including phenoxy) is 1. The number of esters is 1. The second-order valence-electron chi connectivity index (χ2n) is 7.61. The first-order valence-corrected chi connectivity index (χ1v) is 10.7. The van der Waals surface area contributed by atoms with E-state index in [-0.39, 0.29) is 11.3 Å². The van der Waals surface area contributed by atoms with Gasteiger partial charge in [0.05, 0.1) is 17.9 Å². The van der Waals surface area contributed by atoms with E-state index in [2.05, 4.69) is 16.3 Å². The fraction of sp³-hybridized carbons (Fsp3) is 0.375. The van der Waals surface area contributed by atoms with Crippen molar-refractivity contribution >= 4 is 29.2 Å². The smallest absolute Gasteiger partial charge is 0.340 e. The second kappa shape index (κ2) is 10.6. The van der Waals surface area contributed by atoms with E-state index in [1.807, 2.05) is 32.0 Å². The van der Waals surface area contributed by atoms with Crippen LogP contribution in [0.2, 0.25) is 0 Å². The highest BCUT2D eigenvalue weighted by molar-refractivity contribution is 6.39. The molecule has 0 aliphatic carbocycles. The maximum absolute atomic E-state index is 12.7. The molecule has 2 aromatic carbocycles. The number of hydrogen-bond donors (Lipinski definition) is 1. The highest BCUT2D eigenvalue weighted by Gasteiger charge is 2.27. The standard InChI is InChI=1S/C24H29N3O4/c1-3-4-16-31-24(30)20-10-5-6-11-21(20)25-22(28)23(29)27-14-12-26(13-15-27)19-9-7-8-18(2)17-19/h5-11,17H,3-4,12-16H2,1-2H3,(H,25,28). The molecule has 0 radical (unpaired) electrons. The Morgan fingerprint density at radius 1 is 1.00 bits per heavy atom. The van der Waals surface area contributed by atoms with Crippen LogP contribution in [-0.4, -0.2) is 55.5 Å². The molecular weight excluding hydrogens is 394 g/mol. The van der Waals surface area contributed by atoms with Gasteiger partial charge in [0.15, 0.2) is 0 Å². The Balaban J connectivity index is 1.58. The molecule has 0 aromatic heterocycles. The number of carbonyl (C=O) groups excluding carboxylic acids is 3. The lowest BCUT2D eigenvalue weighted by Gasteiger charge is -2.35. The van der Waals surface area contributed by atoms with Crippen molar-refractivity contribution in [2.45, 2.75) is 26.7 Å². The van der Waals surface area contributed by atoms with Crippen molar-refractivity contribution in [3.63, 3.8) is 0 Å². The number of piperazine rings is 1. The lowest BCUT2D eigenvalue weighted by Crippen LogP contribution is -2.51. The van der Waals surface area contributed by atoms with E-state index in [0.29, 0.717) is 32.8 Å². The van der Waals surface area contributed by atoms with Gasteiger partial charge in [-0.3, -0.25) is 9.59 Å². The van der Waals surface area contributed by atoms with Crippen molar-refractivity contribution in [1.82, 2.24) is 4.90 Å². The van der Waals surface area contributed by atoms with Crippen LogP contribution in [0.1, 0.15) is 35.7 Å². The largest absolute Gasteiger partial charge is 0.462 e. The number of rotatable bonds is 6. The summed E-state index contributed by atoms with van der Waals surface area (Å²) in [5, 5.41) is 2.58. The summed E-state index contributed by atoms with van der Waals surface area (Å²) in [5.74, 6) is -1.86. The predicted octanol–water partition coefficient (Wildman–Crippen LogP) is 3.24. The van der Waals surface area contributed by atoms with E-state index in [0.717, 1.165) is 18.5 Å². The fourth-order valence-electron chi connectivity index (χ4n) is 3.47. The van der Waals surface area contributed by atoms with Gasteiger partial charge in [0.1, 0.15) is 0 Å². The van der Waals surface area contributed by atoms with E-state index < -0.39 is 17.8 Å². The first kappa shape index (κ1) is 22.3. The molecule has 31 heavy (non-hydrogen) atoms. The van der Waals surface area contributed by atoms with Gasteiger partial charge in [0, 0.05) is 31.9 Å². The van der Waals surface area contributed by atoms with E-state index >= 15 is 0 Å². The summed E-state index contributed by atoms with van der Waals surface area (Å²) >= 11 is 0. The average Bonchev–Trinajstić information content (AvgIpc) is 2.79. The van der Waals surface area contributed by atoms with Crippen molar-refractivity contribution in [1.29, 1.82) is 0 Å². The maximum Gasteiger partial charge on any atom is 0.340 e. The minimum absolute atomic E-state index is 0.240. The van der Waals surface area contributed by atoms with Gasteiger partial charge < -0.3 is 19.9 Å². The molecule has 1 fully saturated rings. The number of nitrogens with zero attached hydrogens (tertiary/aromatic N) is 2. The molecule has 2 amide bonds. The monoisotopic (exact) mass is 423 g/mol. The Labute approximate surface area is 183 Å². The molecule has 1 aliphatic heterocycles. The average molecular weight is 424 g/mol. The zero-order valence-corrected chi connectivity index (χ0v) is 18.1. The summed E-state index contributed by atoms with van der Waals surface area (Å²) in [4.78, 5) is 41.3. The number of amides is 2. The maximum atomic E-state index is 12.7. The van der Waals surface area contributed by atoms with E-state index in [4.69, 9.17) is 4.74 Å². The summed E-state index contributed by atoms with van der Waals surface area (Å²) in [6.45, 7) is 6.61. The molecule has 0 bridgehead atoms. The van der Waals surface area contributed by atoms with Gasteiger partial charge >= 0.3 is 17.8 Å². The second-order valence-corrected chi connectivity index (χ2v) is 7.61. The fourth-order valence-corrected chi connectivity index (χ4v) is 3.47. The third-order valence-electron chi connectivity index (χ3n) is 5.25. The van der Waals surface area contributed by atoms with E-state index in [9.17, 15) is 14.4 Å². The third-order valence-corrected chi connectivity index (χ3v) is 5.25. The molecule has 1 heterocycles. The molecule has 164 valence electrons. The van der Waals surface area contributed by atoms with E-state index in [1.165, 1.54) is 5.56 Å². The Bertz CT molecular complexity index is 936. The first-order chi connectivity index (χ1) is 15.0. The Morgan fingerprint density at radius 2 is 1.74 bits per heavy atom. The molecule has 1 saturated heterocycles. The van der Waals surface area contributed by atoms with Crippen LogP contribution in [0.4, 0.5) is 11.4 Å². The molecule has 7 nitrogen and oxygen atoms in total. The van der Waals surface area contributed by atoms with Crippen molar-refractivity contribution in [3.8, 4) is 0 Å². The van der Waals surface area contributed by atoms with Gasteiger partial charge in [0.2, 0.25) is 0 Å². The lowest BCUT2D eigenvalue weighted by molar-refractivity contribution is -0.143. The SMILES string of the molecule is CCCCOC(=O)c1ccccc1NC(=O)C(=O)N1CCN(c2cccc(C)c2)CC1. The van der Waals surface area contributed by atoms with Gasteiger partial charge in [-0.2, -0.15) is 0 Å². The molecular formula is C24H29N3O4. The van der Waals surface area contributed by atoms with Crippen LogP contribution in [0.25, 0.3) is 0 Å². The minimum Gasteiger partial charge on any atom is -0.462 e. The topological polar surface area (TPSA) is 78.9 Å². The Kier molecular flexibility index (Phi) is 7.65. The van der Waals surface area contributed by atoms with Crippen LogP contribution in [0.3, 0.4) is 0 Å². The van der Waals surface area contributed by atoms with Crippen molar-refractivity contribution in [2.24, 2.45) is 0 Å². The third kappa shape index (κ3) is 5.84. The van der Waals surface area contributed by atoms with Gasteiger partial charge in [-0.25, -0.2) is 4.79 Å². The minimum atomic E-state index is -0.752. The zero-order valence-electron chi connectivity index (χ0n) is 18.1. The lowest BCUT2D eigenvalue weighted by atomic mass is 10.1. The number of carbonyl (C=O) groups is 3. The number of benzene rings is 2. The van der Waals surface area contributed by atoms with Crippen molar-refractivity contribution in [2.75, 3.05) is 43.0 Å². The number of nitrogens with one attached hydrogen (secondary N) is 1. The molecule has 1 N–H and O–H groups in total. The highest BCUT2D eigenvalue weighted by atomic mass is 16.5. The van der Waals surface area contributed by atoms with E-state index in [1.54, 1.807) is 29.2 Å². The molecule has 3 rings (SSSR count). The zero-order chi connectivity index (χ0) is 22.2. The molecule has 0 saturated carbocycles. The molecule has 0 spiro atoms.